The molecule has 61 heavy (non-hydrogen) atoms. The summed E-state index contributed by atoms with van der Waals surface area (Å²) >= 11 is 0. The Morgan fingerprint density at radius 3 is 1.48 bits per heavy atom. The number of rotatable bonds is 46. The van der Waals surface area contributed by atoms with Crippen LogP contribution in [0, 0.1) is 0 Å². The molecule has 6 heteroatoms. The van der Waals surface area contributed by atoms with Crippen LogP contribution in [0.5, 0.6) is 0 Å². The van der Waals surface area contributed by atoms with E-state index in [2.05, 4.69) is 86.8 Å². The first-order valence-electron chi connectivity index (χ1n) is 26.0. The Balaban J connectivity index is 4.67. The normalized spacial score (nSPS) is 13.7. The molecule has 0 aromatic carbocycles. The topological polar surface area (TPSA) is 95.9 Å². The van der Waals surface area contributed by atoms with Crippen LogP contribution in [-0.4, -0.2) is 46.9 Å². The molecule has 0 fully saturated rings. The van der Waals surface area contributed by atoms with E-state index in [1.807, 2.05) is 0 Å². The summed E-state index contributed by atoms with van der Waals surface area (Å²) in [6, 6.07) is -0.721. The minimum Gasteiger partial charge on any atom is -0.462 e. The maximum absolute atomic E-state index is 13.2. The van der Waals surface area contributed by atoms with Gasteiger partial charge in [-0.25, -0.2) is 0 Å². The highest BCUT2D eigenvalue weighted by Crippen LogP contribution is 2.17. The van der Waals surface area contributed by atoms with Crippen molar-refractivity contribution in [3.63, 3.8) is 0 Å². The summed E-state index contributed by atoms with van der Waals surface area (Å²) in [7, 11) is 0. The Labute approximate surface area is 378 Å². The number of aliphatic hydroxyl groups is 2. The number of ether oxygens (including phenoxy) is 1. The number of aliphatic hydroxyl groups excluding tert-OH is 2. The molecule has 0 radical (unpaired) electrons. The smallest absolute Gasteiger partial charge is 0.306 e. The molecule has 0 aliphatic heterocycles. The minimum atomic E-state index is -0.804. The molecule has 0 heterocycles. The first-order valence-corrected chi connectivity index (χ1v) is 26.0. The molecular weight excluding hydrogens is 755 g/mol. The lowest BCUT2D eigenvalue weighted by atomic mass is 10.0. The number of unbranched alkanes of at least 4 members (excludes halogenated alkanes) is 25. The zero-order valence-electron chi connectivity index (χ0n) is 40.3. The molecule has 354 valence electrons. The van der Waals surface area contributed by atoms with Crippen molar-refractivity contribution in [2.75, 3.05) is 6.61 Å². The first kappa shape index (κ1) is 58.6. The van der Waals surface area contributed by atoms with Gasteiger partial charge in [-0.05, 0) is 77.0 Å². The molecule has 0 rings (SSSR count). The van der Waals surface area contributed by atoms with Gasteiger partial charge >= 0.3 is 5.97 Å². The fourth-order valence-corrected chi connectivity index (χ4v) is 7.68. The van der Waals surface area contributed by atoms with Crippen molar-refractivity contribution in [2.45, 2.75) is 270 Å². The van der Waals surface area contributed by atoms with Gasteiger partial charge in [0.2, 0.25) is 5.91 Å². The average Bonchev–Trinajstić information content (AvgIpc) is 3.25. The SMILES string of the molecule is CC/C=C/C/C=C/C/C=C/CCCCCCC(=O)OC(CCC/C=C/C=C/CCCCCCCCC)CC(=O)NC(CO)C(O)CCCCCCCCCCCCCCCC. The second kappa shape index (κ2) is 48.6. The van der Waals surface area contributed by atoms with Crippen LogP contribution in [-0.2, 0) is 14.3 Å². The van der Waals surface area contributed by atoms with Crippen molar-refractivity contribution in [1.82, 2.24) is 5.32 Å². The van der Waals surface area contributed by atoms with E-state index < -0.39 is 18.2 Å². The predicted octanol–water partition coefficient (Wildman–Crippen LogP) is 15.6. The second-order valence-electron chi connectivity index (χ2n) is 17.6. The third kappa shape index (κ3) is 44.0. The van der Waals surface area contributed by atoms with Gasteiger partial charge in [-0.15, -0.1) is 0 Å². The number of esters is 1. The van der Waals surface area contributed by atoms with Crippen molar-refractivity contribution >= 4 is 11.9 Å². The van der Waals surface area contributed by atoms with Crippen LogP contribution in [0.1, 0.15) is 252 Å². The zero-order valence-corrected chi connectivity index (χ0v) is 40.3. The van der Waals surface area contributed by atoms with Crippen molar-refractivity contribution in [2.24, 2.45) is 0 Å². The van der Waals surface area contributed by atoms with Crippen LogP contribution >= 0.6 is 0 Å². The van der Waals surface area contributed by atoms with E-state index in [1.165, 1.54) is 116 Å². The molecule has 0 saturated carbocycles. The van der Waals surface area contributed by atoms with E-state index >= 15 is 0 Å². The summed E-state index contributed by atoms with van der Waals surface area (Å²) < 4.78 is 5.90. The number of allylic oxidation sites excluding steroid dienone is 10. The summed E-state index contributed by atoms with van der Waals surface area (Å²) in [5, 5.41) is 23.8. The minimum absolute atomic E-state index is 0.0346. The molecule has 0 aliphatic rings. The van der Waals surface area contributed by atoms with E-state index in [9.17, 15) is 19.8 Å². The molecule has 0 aromatic rings. The van der Waals surface area contributed by atoms with Gasteiger partial charge in [0.1, 0.15) is 6.10 Å². The fraction of sp³-hybridized carbons (Fsp3) is 0.782. The summed E-state index contributed by atoms with van der Waals surface area (Å²) in [5.41, 5.74) is 0. The van der Waals surface area contributed by atoms with Gasteiger partial charge in [-0.2, -0.15) is 0 Å². The Morgan fingerprint density at radius 2 is 0.951 bits per heavy atom. The molecule has 3 N–H and O–H groups in total. The summed E-state index contributed by atoms with van der Waals surface area (Å²) in [4.78, 5) is 26.1. The molecule has 1 amide bonds. The summed E-state index contributed by atoms with van der Waals surface area (Å²) in [5.74, 6) is -0.545. The van der Waals surface area contributed by atoms with Crippen molar-refractivity contribution < 1.29 is 24.5 Å². The van der Waals surface area contributed by atoms with Gasteiger partial charge in [0.25, 0.3) is 0 Å². The largest absolute Gasteiger partial charge is 0.462 e. The van der Waals surface area contributed by atoms with Crippen LogP contribution in [0.25, 0.3) is 0 Å². The summed E-state index contributed by atoms with van der Waals surface area (Å²) in [6.45, 7) is 6.35. The van der Waals surface area contributed by atoms with E-state index in [0.717, 1.165) is 89.9 Å². The van der Waals surface area contributed by atoms with Crippen molar-refractivity contribution in [1.29, 1.82) is 0 Å². The molecule has 3 unspecified atom stereocenters. The standard InChI is InChI=1S/C55H99NO5/c1-4-7-10-13-16-19-22-25-28-31-34-37-40-43-46-51(61-55(60)48-45-42-39-36-33-30-27-24-21-18-15-12-9-6-3)49-54(59)56-52(50-57)53(58)47-44-41-38-35-32-29-26-23-20-17-14-11-8-5-2/h9,12,18,21,27-28,30-31,34,37,51-53,57-58H,4-8,10-11,13-17,19-20,22-26,29,32-33,35-36,38-50H2,1-3H3,(H,56,59)/b12-9+,21-18+,30-27+,31-28+,37-34+. The van der Waals surface area contributed by atoms with Gasteiger partial charge in [0, 0.05) is 6.42 Å². The predicted molar refractivity (Wildman–Crippen MR) is 264 cm³/mol. The third-order valence-corrected chi connectivity index (χ3v) is 11.6. The maximum atomic E-state index is 13.2. The van der Waals surface area contributed by atoms with Gasteiger partial charge in [-0.1, -0.05) is 223 Å². The first-order chi connectivity index (χ1) is 30.0. The molecule has 0 aromatic heterocycles. The molecule has 0 bridgehead atoms. The lowest BCUT2D eigenvalue weighted by Gasteiger charge is -2.24. The lowest BCUT2D eigenvalue weighted by molar-refractivity contribution is -0.151. The molecule has 6 nitrogen and oxygen atoms in total. The van der Waals surface area contributed by atoms with Crippen LogP contribution in [0.15, 0.2) is 60.8 Å². The van der Waals surface area contributed by atoms with E-state index in [0.29, 0.717) is 19.3 Å². The highest BCUT2D eigenvalue weighted by Gasteiger charge is 2.24. The number of amides is 1. The van der Waals surface area contributed by atoms with Gasteiger partial charge < -0.3 is 20.3 Å². The van der Waals surface area contributed by atoms with Gasteiger partial charge in [0.05, 0.1) is 25.2 Å². The van der Waals surface area contributed by atoms with Crippen molar-refractivity contribution in [3.8, 4) is 0 Å². The van der Waals surface area contributed by atoms with Gasteiger partial charge in [-0.3, -0.25) is 9.59 Å². The lowest BCUT2D eigenvalue weighted by Crippen LogP contribution is -2.46. The molecular formula is C55H99NO5. The zero-order chi connectivity index (χ0) is 44.5. The number of nitrogens with one attached hydrogen (secondary N) is 1. The van der Waals surface area contributed by atoms with E-state index in [4.69, 9.17) is 4.74 Å². The fourth-order valence-electron chi connectivity index (χ4n) is 7.68. The van der Waals surface area contributed by atoms with E-state index in [-0.39, 0.29) is 24.9 Å². The maximum Gasteiger partial charge on any atom is 0.306 e. The van der Waals surface area contributed by atoms with Crippen molar-refractivity contribution in [3.05, 3.63) is 60.8 Å². The number of carbonyl (C=O) groups is 2. The number of hydrogen-bond donors (Lipinski definition) is 3. The molecule has 0 spiro atoms. The highest BCUT2D eigenvalue weighted by atomic mass is 16.5. The van der Waals surface area contributed by atoms with Crippen LogP contribution in [0.2, 0.25) is 0 Å². The van der Waals surface area contributed by atoms with Crippen LogP contribution in [0.3, 0.4) is 0 Å². The average molecular weight is 854 g/mol. The summed E-state index contributed by atoms with van der Waals surface area (Å²) in [6.07, 6.45) is 60.0. The Morgan fingerprint density at radius 1 is 0.508 bits per heavy atom. The molecule has 3 atom stereocenters. The highest BCUT2D eigenvalue weighted by molar-refractivity contribution is 5.77. The van der Waals surface area contributed by atoms with Gasteiger partial charge in [0.15, 0.2) is 0 Å². The Kier molecular flexibility index (Phi) is 46.6. The second-order valence-corrected chi connectivity index (χ2v) is 17.6. The number of carbonyl (C=O) groups excluding carboxylic acids is 2. The molecule has 0 saturated heterocycles. The van der Waals surface area contributed by atoms with Crippen LogP contribution in [0.4, 0.5) is 0 Å². The molecule has 0 aliphatic carbocycles. The third-order valence-electron chi connectivity index (χ3n) is 11.6. The Hall–Kier alpha value is -2.44. The monoisotopic (exact) mass is 854 g/mol. The van der Waals surface area contributed by atoms with E-state index in [1.54, 1.807) is 0 Å². The van der Waals surface area contributed by atoms with Crippen LogP contribution < -0.4 is 5.32 Å². The Bertz CT molecular complexity index is 1090. The quantitative estimate of drug-likeness (QED) is 0.0245. The number of hydrogen-bond acceptors (Lipinski definition) is 5.